The summed E-state index contributed by atoms with van der Waals surface area (Å²) >= 11 is 0. The molecule has 2 N–H and O–H groups in total. The Kier molecular flexibility index (Phi) is 4.69. The number of hydrogen-bond donors (Lipinski definition) is 2. The van der Waals surface area contributed by atoms with E-state index in [4.69, 9.17) is 9.52 Å². The van der Waals surface area contributed by atoms with Crippen LogP contribution in [-0.4, -0.2) is 29.1 Å². The van der Waals surface area contributed by atoms with E-state index in [-0.39, 0.29) is 19.1 Å². The van der Waals surface area contributed by atoms with Crippen LogP contribution in [-0.2, 0) is 11.2 Å². The topological polar surface area (TPSA) is 75.4 Å². The number of nitrogens with one attached hydrogen (secondary N) is 1. The van der Waals surface area contributed by atoms with Crippen molar-refractivity contribution in [1.82, 2.24) is 10.3 Å². The van der Waals surface area contributed by atoms with Crippen molar-refractivity contribution in [3.8, 4) is 11.3 Å². The molecule has 5 heteroatoms. The molecule has 0 radical (unpaired) electrons. The van der Waals surface area contributed by atoms with Crippen molar-refractivity contribution < 1.29 is 14.3 Å². The number of hydrogen-bond acceptors (Lipinski definition) is 4. The summed E-state index contributed by atoms with van der Waals surface area (Å²) in [4.78, 5) is 15.5. The number of aliphatic hydroxyl groups excluding tert-OH is 1. The summed E-state index contributed by atoms with van der Waals surface area (Å²) in [6, 6.07) is 9.68. The zero-order valence-corrected chi connectivity index (χ0v) is 10.5. The summed E-state index contributed by atoms with van der Waals surface area (Å²) in [7, 11) is 0. The molecule has 0 bridgehead atoms. The van der Waals surface area contributed by atoms with E-state index in [1.165, 1.54) is 0 Å². The summed E-state index contributed by atoms with van der Waals surface area (Å²) in [5.74, 6) is 1.12. The number of carbonyl (C=O) groups is 1. The summed E-state index contributed by atoms with van der Waals surface area (Å²) in [5.41, 5.74) is 0.964. The number of benzene rings is 1. The summed E-state index contributed by atoms with van der Waals surface area (Å²) in [6.07, 6.45) is 2.41. The molecule has 100 valence electrons. The standard InChI is InChI=1S/C14H16N2O3/c17-9-8-15-13(18)6-7-14-16-10-12(19-14)11-4-2-1-3-5-11/h1-5,10,17H,6-9H2,(H,15,18). The number of oxazole rings is 1. The van der Waals surface area contributed by atoms with E-state index in [0.29, 0.717) is 24.5 Å². The van der Waals surface area contributed by atoms with Gasteiger partial charge in [0.2, 0.25) is 5.91 Å². The highest BCUT2D eigenvalue weighted by Crippen LogP contribution is 2.20. The maximum Gasteiger partial charge on any atom is 0.220 e. The molecule has 1 aromatic heterocycles. The van der Waals surface area contributed by atoms with E-state index < -0.39 is 0 Å². The first-order valence-corrected chi connectivity index (χ1v) is 6.17. The van der Waals surface area contributed by atoms with Crippen molar-refractivity contribution in [2.75, 3.05) is 13.2 Å². The van der Waals surface area contributed by atoms with Crippen LogP contribution in [0.5, 0.6) is 0 Å². The SMILES string of the molecule is O=C(CCc1ncc(-c2ccccc2)o1)NCCO. The third-order valence-electron chi connectivity index (χ3n) is 2.61. The lowest BCUT2D eigenvalue weighted by molar-refractivity contribution is -0.121. The van der Waals surface area contributed by atoms with E-state index >= 15 is 0 Å². The second-order valence-corrected chi connectivity index (χ2v) is 4.06. The Morgan fingerprint density at radius 2 is 2.11 bits per heavy atom. The van der Waals surface area contributed by atoms with Crippen molar-refractivity contribution in [2.24, 2.45) is 0 Å². The molecule has 1 amide bonds. The molecule has 0 aliphatic heterocycles. The van der Waals surface area contributed by atoms with Crippen LogP contribution in [0, 0.1) is 0 Å². The quantitative estimate of drug-likeness (QED) is 0.822. The highest BCUT2D eigenvalue weighted by molar-refractivity contribution is 5.76. The molecule has 0 saturated carbocycles. The van der Waals surface area contributed by atoms with E-state index in [2.05, 4.69) is 10.3 Å². The fourth-order valence-electron chi connectivity index (χ4n) is 1.67. The Balaban J connectivity index is 1.90. The fraction of sp³-hybridized carbons (Fsp3) is 0.286. The van der Waals surface area contributed by atoms with Crippen LogP contribution in [0.2, 0.25) is 0 Å². The van der Waals surface area contributed by atoms with Gasteiger partial charge in [0.25, 0.3) is 0 Å². The average Bonchev–Trinajstić information content (AvgIpc) is 2.93. The second kappa shape index (κ2) is 6.70. The minimum absolute atomic E-state index is 0.0527. The third-order valence-corrected chi connectivity index (χ3v) is 2.61. The second-order valence-electron chi connectivity index (χ2n) is 4.06. The van der Waals surface area contributed by atoms with E-state index in [0.717, 1.165) is 5.56 Å². The van der Waals surface area contributed by atoms with Gasteiger partial charge < -0.3 is 14.8 Å². The van der Waals surface area contributed by atoms with Gasteiger partial charge in [-0.3, -0.25) is 4.79 Å². The highest BCUT2D eigenvalue weighted by atomic mass is 16.4. The molecule has 1 aromatic carbocycles. The van der Waals surface area contributed by atoms with Gasteiger partial charge in [0.15, 0.2) is 11.7 Å². The molecule has 0 saturated heterocycles. The Morgan fingerprint density at radius 3 is 2.84 bits per heavy atom. The number of aliphatic hydroxyl groups is 1. The van der Waals surface area contributed by atoms with Gasteiger partial charge in [0.05, 0.1) is 12.8 Å². The lowest BCUT2D eigenvalue weighted by Crippen LogP contribution is -2.26. The number of nitrogens with zero attached hydrogens (tertiary/aromatic N) is 1. The summed E-state index contributed by atoms with van der Waals surface area (Å²) in [5, 5.41) is 11.2. The van der Waals surface area contributed by atoms with Gasteiger partial charge in [-0.25, -0.2) is 4.98 Å². The number of aromatic nitrogens is 1. The number of rotatable bonds is 6. The lowest BCUT2D eigenvalue weighted by Gasteiger charge is -2.00. The minimum atomic E-state index is -0.117. The molecule has 1 heterocycles. The maximum absolute atomic E-state index is 11.4. The van der Waals surface area contributed by atoms with Crippen LogP contribution in [0.25, 0.3) is 11.3 Å². The first kappa shape index (κ1) is 13.3. The lowest BCUT2D eigenvalue weighted by atomic mass is 10.2. The van der Waals surface area contributed by atoms with Crippen molar-refractivity contribution in [3.63, 3.8) is 0 Å². The summed E-state index contributed by atoms with van der Waals surface area (Å²) in [6.45, 7) is 0.225. The average molecular weight is 260 g/mol. The molecule has 0 fully saturated rings. The molecule has 5 nitrogen and oxygen atoms in total. The summed E-state index contributed by atoms with van der Waals surface area (Å²) < 4.78 is 5.58. The van der Waals surface area contributed by atoms with Crippen LogP contribution in [0.1, 0.15) is 12.3 Å². The molecule has 0 atom stereocenters. The largest absolute Gasteiger partial charge is 0.441 e. The van der Waals surface area contributed by atoms with Crippen molar-refractivity contribution in [1.29, 1.82) is 0 Å². The first-order valence-electron chi connectivity index (χ1n) is 6.17. The van der Waals surface area contributed by atoms with Crippen LogP contribution in [0.4, 0.5) is 0 Å². The fourth-order valence-corrected chi connectivity index (χ4v) is 1.67. The van der Waals surface area contributed by atoms with Crippen LogP contribution >= 0.6 is 0 Å². The van der Waals surface area contributed by atoms with E-state index in [9.17, 15) is 4.79 Å². The number of carbonyl (C=O) groups excluding carboxylic acids is 1. The highest BCUT2D eigenvalue weighted by Gasteiger charge is 2.08. The molecule has 0 spiro atoms. The van der Waals surface area contributed by atoms with Gasteiger partial charge in [-0.1, -0.05) is 30.3 Å². The Hall–Kier alpha value is -2.14. The van der Waals surface area contributed by atoms with Crippen LogP contribution in [0.3, 0.4) is 0 Å². The third kappa shape index (κ3) is 3.93. The van der Waals surface area contributed by atoms with Crippen molar-refractivity contribution in [2.45, 2.75) is 12.8 Å². The smallest absolute Gasteiger partial charge is 0.220 e. The Morgan fingerprint density at radius 1 is 1.32 bits per heavy atom. The normalized spacial score (nSPS) is 10.4. The number of amides is 1. The van der Waals surface area contributed by atoms with Gasteiger partial charge in [0, 0.05) is 24.9 Å². The minimum Gasteiger partial charge on any atom is -0.441 e. The monoisotopic (exact) mass is 260 g/mol. The van der Waals surface area contributed by atoms with Gasteiger partial charge in [0.1, 0.15) is 0 Å². The van der Waals surface area contributed by atoms with Crippen molar-refractivity contribution in [3.05, 3.63) is 42.4 Å². The van der Waals surface area contributed by atoms with Gasteiger partial charge in [-0.05, 0) is 0 Å². The molecule has 0 aliphatic rings. The molecule has 19 heavy (non-hydrogen) atoms. The Labute approximate surface area is 111 Å². The van der Waals surface area contributed by atoms with Crippen LogP contribution < -0.4 is 5.32 Å². The van der Waals surface area contributed by atoms with E-state index in [1.54, 1.807) is 6.20 Å². The zero-order valence-electron chi connectivity index (χ0n) is 10.5. The predicted molar refractivity (Wildman–Crippen MR) is 70.4 cm³/mol. The van der Waals surface area contributed by atoms with Gasteiger partial charge in [-0.2, -0.15) is 0 Å². The maximum atomic E-state index is 11.4. The number of aryl methyl sites for hydroxylation is 1. The first-order chi connectivity index (χ1) is 9.29. The van der Waals surface area contributed by atoms with Gasteiger partial charge in [-0.15, -0.1) is 0 Å². The van der Waals surface area contributed by atoms with Gasteiger partial charge >= 0.3 is 0 Å². The predicted octanol–water partition coefficient (Wildman–Crippen LogP) is 1.38. The Bertz CT molecular complexity index is 522. The molecule has 0 aliphatic carbocycles. The van der Waals surface area contributed by atoms with E-state index in [1.807, 2.05) is 30.3 Å². The zero-order chi connectivity index (χ0) is 13.5. The molecule has 0 unspecified atom stereocenters. The van der Waals surface area contributed by atoms with Crippen molar-refractivity contribution >= 4 is 5.91 Å². The molecular formula is C14H16N2O3. The van der Waals surface area contributed by atoms with Crippen LogP contribution in [0.15, 0.2) is 40.9 Å². The molecular weight excluding hydrogens is 244 g/mol. The molecule has 2 aromatic rings. The molecule has 2 rings (SSSR count).